The maximum Gasteiger partial charge on any atom is 0.308 e. The Bertz CT molecular complexity index is 406. The maximum atomic E-state index is 11.6. The molecule has 2 N–H and O–H groups in total. The van der Waals surface area contributed by atoms with Crippen LogP contribution in [0.25, 0.3) is 0 Å². The molecule has 0 fully saturated rings. The summed E-state index contributed by atoms with van der Waals surface area (Å²) in [4.78, 5) is 26.3. The number of hydrogen-bond donors (Lipinski definition) is 2. The highest BCUT2D eigenvalue weighted by Crippen LogP contribution is 2.04. The summed E-state index contributed by atoms with van der Waals surface area (Å²) >= 11 is 0. The number of nitrogens with zero attached hydrogens (tertiary/aromatic N) is 1. The van der Waals surface area contributed by atoms with Gasteiger partial charge in [0, 0.05) is 24.9 Å². The molecule has 0 spiro atoms. The Morgan fingerprint density at radius 3 is 2.50 bits per heavy atom. The Morgan fingerprint density at radius 2 is 1.94 bits per heavy atom. The van der Waals surface area contributed by atoms with Crippen LogP contribution < -0.4 is 5.32 Å². The minimum atomic E-state index is -0.906. The third-order valence-corrected chi connectivity index (χ3v) is 2.92. The van der Waals surface area contributed by atoms with E-state index in [1.54, 1.807) is 26.2 Å². The lowest BCUT2D eigenvalue weighted by Crippen LogP contribution is -2.40. The summed E-state index contributed by atoms with van der Waals surface area (Å²) < 4.78 is 0. The van der Waals surface area contributed by atoms with Crippen molar-refractivity contribution in [3.8, 4) is 0 Å². The van der Waals surface area contributed by atoms with Crippen molar-refractivity contribution >= 4 is 11.9 Å². The van der Waals surface area contributed by atoms with Gasteiger partial charge >= 0.3 is 5.97 Å². The molecule has 0 aliphatic rings. The van der Waals surface area contributed by atoms with Gasteiger partial charge in [-0.05, 0) is 38.0 Å². The van der Waals surface area contributed by atoms with E-state index in [0.717, 1.165) is 5.56 Å². The molecule has 98 valence electrons. The SMILES string of the molecule is CC(NC(=O)CCc1ccncc1)C(C)C(=O)O. The van der Waals surface area contributed by atoms with Gasteiger partial charge in [0.2, 0.25) is 5.91 Å². The van der Waals surface area contributed by atoms with E-state index in [1.807, 2.05) is 12.1 Å². The van der Waals surface area contributed by atoms with Crippen LogP contribution in [0.5, 0.6) is 0 Å². The number of aromatic nitrogens is 1. The van der Waals surface area contributed by atoms with Gasteiger partial charge in [0.05, 0.1) is 5.92 Å². The molecule has 0 bridgehead atoms. The van der Waals surface area contributed by atoms with Gasteiger partial charge < -0.3 is 10.4 Å². The van der Waals surface area contributed by atoms with Crippen molar-refractivity contribution < 1.29 is 14.7 Å². The molecule has 0 aromatic carbocycles. The lowest BCUT2D eigenvalue weighted by Gasteiger charge is -2.17. The molecule has 5 nitrogen and oxygen atoms in total. The van der Waals surface area contributed by atoms with Crippen LogP contribution in [-0.2, 0) is 16.0 Å². The lowest BCUT2D eigenvalue weighted by atomic mass is 10.0. The molecular weight excluding hydrogens is 232 g/mol. The molecule has 1 rings (SSSR count). The van der Waals surface area contributed by atoms with Gasteiger partial charge in [0.15, 0.2) is 0 Å². The van der Waals surface area contributed by atoms with Crippen LogP contribution in [0.2, 0.25) is 0 Å². The number of carboxylic acids is 1. The first-order valence-corrected chi connectivity index (χ1v) is 5.91. The number of nitrogens with one attached hydrogen (secondary N) is 1. The Balaban J connectivity index is 2.36. The maximum absolute atomic E-state index is 11.6. The summed E-state index contributed by atoms with van der Waals surface area (Å²) in [6, 6.07) is 3.35. The molecule has 1 aromatic heterocycles. The minimum Gasteiger partial charge on any atom is -0.481 e. The smallest absolute Gasteiger partial charge is 0.308 e. The summed E-state index contributed by atoms with van der Waals surface area (Å²) in [7, 11) is 0. The van der Waals surface area contributed by atoms with E-state index < -0.39 is 11.9 Å². The molecule has 5 heteroatoms. The van der Waals surface area contributed by atoms with E-state index >= 15 is 0 Å². The lowest BCUT2D eigenvalue weighted by molar-refractivity contribution is -0.142. The van der Waals surface area contributed by atoms with Crippen molar-refractivity contribution in [2.45, 2.75) is 32.7 Å². The van der Waals surface area contributed by atoms with E-state index in [4.69, 9.17) is 5.11 Å². The molecule has 0 saturated heterocycles. The first-order valence-electron chi connectivity index (χ1n) is 5.91. The van der Waals surface area contributed by atoms with Gasteiger partial charge in [-0.1, -0.05) is 0 Å². The quantitative estimate of drug-likeness (QED) is 0.796. The Morgan fingerprint density at radius 1 is 1.33 bits per heavy atom. The van der Waals surface area contributed by atoms with Crippen molar-refractivity contribution in [3.63, 3.8) is 0 Å². The topological polar surface area (TPSA) is 79.3 Å². The fourth-order valence-electron chi connectivity index (χ4n) is 1.47. The van der Waals surface area contributed by atoms with Gasteiger partial charge in [0.1, 0.15) is 0 Å². The van der Waals surface area contributed by atoms with Crippen LogP contribution in [0.1, 0.15) is 25.8 Å². The van der Waals surface area contributed by atoms with Crippen molar-refractivity contribution in [1.29, 1.82) is 0 Å². The monoisotopic (exact) mass is 250 g/mol. The first-order chi connectivity index (χ1) is 8.50. The average molecular weight is 250 g/mol. The fourth-order valence-corrected chi connectivity index (χ4v) is 1.47. The van der Waals surface area contributed by atoms with Crippen LogP contribution in [0.15, 0.2) is 24.5 Å². The van der Waals surface area contributed by atoms with Crippen molar-refractivity contribution in [2.75, 3.05) is 0 Å². The molecule has 1 heterocycles. The zero-order chi connectivity index (χ0) is 13.5. The number of rotatable bonds is 6. The number of hydrogen-bond acceptors (Lipinski definition) is 3. The van der Waals surface area contributed by atoms with Crippen molar-refractivity contribution in [2.24, 2.45) is 5.92 Å². The van der Waals surface area contributed by atoms with E-state index in [2.05, 4.69) is 10.3 Å². The molecule has 0 aliphatic heterocycles. The van der Waals surface area contributed by atoms with Gasteiger partial charge in [-0.3, -0.25) is 14.6 Å². The standard InChI is InChI=1S/C13H18N2O3/c1-9(13(17)18)10(2)15-12(16)4-3-11-5-7-14-8-6-11/h5-10H,3-4H2,1-2H3,(H,15,16)(H,17,18). The number of aryl methyl sites for hydroxylation is 1. The molecule has 1 aromatic rings. The van der Waals surface area contributed by atoms with Crippen LogP contribution in [0, 0.1) is 5.92 Å². The zero-order valence-electron chi connectivity index (χ0n) is 10.6. The molecule has 2 atom stereocenters. The Labute approximate surface area is 106 Å². The molecule has 18 heavy (non-hydrogen) atoms. The normalized spacial score (nSPS) is 13.7. The number of aliphatic carboxylic acids is 1. The van der Waals surface area contributed by atoms with Crippen LogP contribution in [0.4, 0.5) is 0 Å². The second kappa shape index (κ2) is 6.74. The summed E-state index contributed by atoms with van der Waals surface area (Å²) in [6.07, 6.45) is 4.34. The van der Waals surface area contributed by atoms with Gasteiger partial charge in [-0.15, -0.1) is 0 Å². The molecule has 0 radical (unpaired) electrons. The highest BCUT2D eigenvalue weighted by molar-refractivity contribution is 5.78. The van der Waals surface area contributed by atoms with E-state index in [1.165, 1.54) is 0 Å². The second-order valence-electron chi connectivity index (χ2n) is 4.34. The second-order valence-corrected chi connectivity index (χ2v) is 4.34. The Kier molecular flexibility index (Phi) is 5.30. The molecule has 2 unspecified atom stereocenters. The number of carboxylic acid groups (broad SMARTS) is 1. The van der Waals surface area contributed by atoms with Crippen LogP contribution >= 0.6 is 0 Å². The van der Waals surface area contributed by atoms with Gasteiger partial charge in [-0.2, -0.15) is 0 Å². The Hall–Kier alpha value is -1.91. The third kappa shape index (κ3) is 4.53. The predicted octanol–water partition coefficient (Wildman–Crippen LogP) is 1.24. The molecule has 0 saturated carbocycles. The molecule has 0 aliphatic carbocycles. The highest BCUT2D eigenvalue weighted by atomic mass is 16.4. The van der Waals surface area contributed by atoms with Gasteiger partial charge in [-0.25, -0.2) is 0 Å². The van der Waals surface area contributed by atoms with Gasteiger partial charge in [0.25, 0.3) is 0 Å². The van der Waals surface area contributed by atoms with E-state index in [9.17, 15) is 9.59 Å². The number of amides is 1. The van der Waals surface area contributed by atoms with Crippen LogP contribution in [0.3, 0.4) is 0 Å². The average Bonchev–Trinajstić information content (AvgIpc) is 2.36. The number of carbonyl (C=O) groups is 2. The third-order valence-electron chi connectivity index (χ3n) is 2.92. The summed E-state index contributed by atoms with van der Waals surface area (Å²) in [5.74, 6) is -1.63. The molecular formula is C13H18N2O3. The largest absolute Gasteiger partial charge is 0.481 e. The summed E-state index contributed by atoms with van der Waals surface area (Å²) in [6.45, 7) is 3.28. The summed E-state index contributed by atoms with van der Waals surface area (Å²) in [5, 5.41) is 11.5. The van der Waals surface area contributed by atoms with E-state index in [0.29, 0.717) is 12.8 Å². The number of carbonyl (C=O) groups excluding carboxylic acids is 1. The van der Waals surface area contributed by atoms with Crippen molar-refractivity contribution in [1.82, 2.24) is 10.3 Å². The minimum absolute atomic E-state index is 0.132. The van der Waals surface area contributed by atoms with E-state index in [-0.39, 0.29) is 11.9 Å². The number of pyridine rings is 1. The first kappa shape index (κ1) is 14.2. The predicted molar refractivity (Wildman–Crippen MR) is 67.0 cm³/mol. The molecule has 1 amide bonds. The highest BCUT2D eigenvalue weighted by Gasteiger charge is 2.20. The van der Waals surface area contributed by atoms with Crippen molar-refractivity contribution in [3.05, 3.63) is 30.1 Å². The fraction of sp³-hybridized carbons (Fsp3) is 0.462. The van der Waals surface area contributed by atoms with Crippen LogP contribution in [-0.4, -0.2) is 28.0 Å². The summed E-state index contributed by atoms with van der Waals surface area (Å²) in [5.41, 5.74) is 1.04. The zero-order valence-corrected chi connectivity index (χ0v) is 10.6.